The Morgan fingerprint density at radius 1 is 1.14 bits per heavy atom. The Morgan fingerprint density at radius 3 is 2.43 bits per heavy atom. The van der Waals surface area contributed by atoms with Crippen molar-refractivity contribution in [2.75, 3.05) is 0 Å². The number of amides is 2. The van der Waals surface area contributed by atoms with Crippen LogP contribution in [0.15, 0.2) is 16.9 Å². The molecule has 1 aliphatic heterocycles. The number of ether oxygens (including phenoxy) is 2. The number of halogens is 1. The van der Waals surface area contributed by atoms with Crippen LogP contribution in [0.25, 0.3) is 0 Å². The minimum atomic E-state index is -1.12. The van der Waals surface area contributed by atoms with E-state index in [0.717, 1.165) is 17.3 Å². The molecule has 1 saturated carbocycles. The third kappa shape index (κ3) is 4.82. The van der Waals surface area contributed by atoms with Gasteiger partial charge in [-0.1, -0.05) is 0 Å². The molecule has 1 fully saturated rings. The van der Waals surface area contributed by atoms with E-state index in [1.54, 1.807) is 27.7 Å². The van der Waals surface area contributed by atoms with E-state index in [1.807, 2.05) is 6.07 Å². The first-order chi connectivity index (χ1) is 16.5. The van der Waals surface area contributed by atoms with Crippen LogP contribution in [-0.4, -0.2) is 33.9 Å². The van der Waals surface area contributed by atoms with Crippen molar-refractivity contribution in [2.45, 2.75) is 71.8 Å². The molecule has 188 valence electrons. The summed E-state index contributed by atoms with van der Waals surface area (Å²) in [5, 5.41) is 14.1. The van der Waals surface area contributed by atoms with Crippen molar-refractivity contribution >= 4 is 12.0 Å². The fraction of sp³-hybridized carbons (Fsp3) is 0.480. The van der Waals surface area contributed by atoms with Crippen molar-refractivity contribution in [3.05, 3.63) is 56.3 Å². The third-order valence-electron chi connectivity index (χ3n) is 7.01. The van der Waals surface area contributed by atoms with E-state index in [0.29, 0.717) is 36.8 Å². The lowest BCUT2D eigenvalue weighted by Gasteiger charge is -2.37. The van der Waals surface area contributed by atoms with Crippen LogP contribution < -0.4 is 25.7 Å². The fourth-order valence-corrected chi connectivity index (χ4v) is 5.05. The minimum absolute atomic E-state index is 0.00111. The smallest absolute Gasteiger partial charge is 0.404 e. The van der Waals surface area contributed by atoms with Gasteiger partial charge < -0.3 is 30.2 Å². The molecule has 2 aliphatic rings. The van der Waals surface area contributed by atoms with Crippen molar-refractivity contribution < 1.29 is 28.6 Å². The SMILES string of the molecule is Cc1cc(C)c(CNC(=O)c2cc(F)c3c(c2C)OC(C)([C@H]2CC[C@H](NC(=O)O)CC2)O3)c(=O)[nH]1. The number of carbonyl (C=O) groups excluding carboxylic acids is 1. The number of aromatic nitrogens is 1. The van der Waals surface area contributed by atoms with E-state index >= 15 is 4.39 Å². The number of fused-ring (bicyclic) bond motifs is 1. The van der Waals surface area contributed by atoms with E-state index in [2.05, 4.69) is 15.6 Å². The lowest BCUT2D eigenvalue weighted by atomic mass is 9.81. The number of carboxylic acid groups (broad SMARTS) is 1. The fourth-order valence-electron chi connectivity index (χ4n) is 5.05. The first-order valence-corrected chi connectivity index (χ1v) is 11.7. The van der Waals surface area contributed by atoms with Crippen molar-refractivity contribution in [2.24, 2.45) is 5.92 Å². The average molecular weight is 488 g/mol. The number of hydrogen-bond acceptors (Lipinski definition) is 5. The molecule has 1 atom stereocenters. The highest BCUT2D eigenvalue weighted by Crippen LogP contribution is 2.49. The number of pyridine rings is 1. The van der Waals surface area contributed by atoms with Crippen LogP contribution in [0.3, 0.4) is 0 Å². The van der Waals surface area contributed by atoms with E-state index < -0.39 is 23.6 Å². The summed E-state index contributed by atoms with van der Waals surface area (Å²) in [6, 6.07) is 2.81. The van der Waals surface area contributed by atoms with Crippen molar-refractivity contribution in [1.29, 1.82) is 0 Å². The Morgan fingerprint density at radius 2 is 1.80 bits per heavy atom. The van der Waals surface area contributed by atoms with Gasteiger partial charge in [-0.15, -0.1) is 0 Å². The Kier molecular flexibility index (Phi) is 6.48. The van der Waals surface area contributed by atoms with E-state index in [-0.39, 0.29) is 41.1 Å². The van der Waals surface area contributed by atoms with Gasteiger partial charge in [-0.2, -0.15) is 0 Å². The second kappa shape index (κ2) is 9.24. The summed E-state index contributed by atoms with van der Waals surface area (Å²) in [4.78, 5) is 38.8. The maximum Gasteiger partial charge on any atom is 0.404 e. The van der Waals surface area contributed by atoms with Gasteiger partial charge in [0.2, 0.25) is 5.75 Å². The molecule has 1 aromatic heterocycles. The van der Waals surface area contributed by atoms with Crippen LogP contribution >= 0.6 is 0 Å². The molecular weight excluding hydrogens is 457 g/mol. The molecular formula is C25H30FN3O6. The van der Waals surface area contributed by atoms with Gasteiger partial charge in [-0.3, -0.25) is 9.59 Å². The number of hydrogen-bond donors (Lipinski definition) is 4. The summed E-state index contributed by atoms with van der Waals surface area (Å²) < 4.78 is 27.1. The highest BCUT2D eigenvalue weighted by atomic mass is 19.1. The van der Waals surface area contributed by atoms with Crippen LogP contribution in [0.1, 0.15) is 65.3 Å². The summed E-state index contributed by atoms with van der Waals surface area (Å²) in [6.45, 7) is 6.98. The van der Waals surface area contributed by atoms with Gasteiger partial charge in [0.1, 0.15) is 0 Å². The predicted octanol–water partition coefficient (Wildman–Crippen LogP) is 3.68. The number of H-pyrrole nitrogens is 1. The molecule has 0 saturated heterocycles. The number of rotatable bonds is 5. The summed E-state index contributed by atoms with van der Waals surface area (Å²) in [7, 11) is 0. The maximum atomic E-state index is 15.0. The maximum absolute atomic E-state index is 15.0. The predicted molar refractivity (Wildman–Crippen MR) is 125 cm³/mol. The first-order valence-electron chi connectivity index (χ1n) is 11.7. The second-order valence-corrected chi connectivity index (χ2v) is 9.53. The third-order valence-corrected chi connectivity index (χ3v) is 7.01. The monoisotopic (exact) mass is 487 g/mol. The van der Waals surface area contributed by atoms with Gasteiger partial charge in [0.25, 0.3) is 17.3 Å². The van der Waals surface area contributed by atoms with Crippen LogP contribution in [0, 0.1) is 32.5 Å². The zero-order valence-corrected chi connectivity index (χ0v) is 20.2. The standard InChI is InChI=1S/C25H30FN3O6/c1-12-9-13(2)28-23(31)18(12)11-27-22(30)17-10-19(26)21-20(14(17)3)34-25(4,35-21)15-5-7-16(8-6-15)29-24(32)33/h9-10,15-16,29H,5-8,11H2,1-4H3,(H,27,30)(H,28,31)(H,32,33)/t15-,16-,25?. The molecule has 2 aromatic rings. The normalized spacial score (nSPS) is 23.1. The van der Waals surface area contributed by atoms with Crippen molar-refractivity contribution in [3.8, 4) is 11.5 Å². The number of carbonyl (C=O) groups is 2. The molecule has 1 aliphatic carbocycles. The molecule has 1 aromatic carbocycles. The number of nitrogens with one attached hydrogen (secondary N) is 3. The molecule has 1 unspecified atom stereocenters. The summed E-state index contributed by atoms with van der Waals surface area (Å²) in [5.74, 6) is -2.27. The molecule has 2 heterocycles. The van der Waals surface area contributed by atoms with Gasteiger partial charge >= 0.3 is 6.09 Å². The first kappa shape index (κ1) is 24.6. The molecule has 0 spiro atoms. The van der Waals surface area contributed by atoms with Crippen LogP contribution in [0.4, 0.5) is 9.18 Å². The zero-order valence-electron chi connectivity index (χ0n) is 20.2. The Bertz CT molecular complexity index is 1230. The van der Waals surface area contributed by atoms with Gasteiger partial charge in [0.15, 0.2) is 11.6 Å². The van der Waals surface area contributed by atoms with Gasteiger partial charge in [0.05, 0.1) is 0 Å². The number of benzene rings is 1. The summed E-state index contributed by atoms with van der Waals surface area (Å²) in [5.41, 5.74) is 2.18. The highest BCUT2D eigenvalue weighted by molar-refractivity contribution is 5.96. The quantitative estimate of drug-likeness (QED) is 0.509. The molecule has 4 rings (SSSR count). The molecule has 10 heteroatoms. The lowest BCUT2D eigenvalue weighted by Crippen LogP contribution is -2.47. The Balaban J connectivity index is 1.49. The highest BCUT2D eigenvalue weighted by Gasteiger charge is 2.47. The Labute approximate surface area is 202 Å². The largest absolute Gasteiger partial charge is 0.465 e. The zero-order chi connectivity index (χ0) is 25.5. The lowest BCUT2D eigenvalue weighted by molar-refractivity contribution is -0.122. The van der Waals surface area contributed by atoms with E-state index in [9.17, 15) is 14.4 Å². The van der Waals surface area contributed by atoms with Crippen LogP contribution in [-0.2, 0) is 6.54 Å². The molecule has 9 nitrogen and oxygen atoms in total. The molecule has 2 amide bonds. The Hall–Kier alpha value is -3.56. The van der Waals surface area contributed by atoms with Gasteiger partial charge in [-0.25, -0.2) is 9.18 Å². The molecule has 0 radical (unpaired) electrons. The minimum Gasteiger partial charge on any atom is -0.465 e. The van der Waals surface area contributed by atoms with E-state index in [4.69, 9.17) is 14.6 Å². The van der Waals surface area contributed by atoms with Crippen LogP contribution in [0.5, 0.6) is 11.5 Å². The molecule has 0 bridgehead atoms. The molecule has 35 heavy (non-hydrogen) atoms. The van der Waals surface area contributed by atoms with Crippen molar-refractivity contribution in [1.82, 2.24) is 15.6 Å². The summed E-state index contributed by atoms with van der Waals surface area (Å²) >= 11 is 0. The van der Waals surface area contributed by atoms with E-state index in [1.165, 1.54) is 0 Å². The average Bonchev–Trinajstić information content (AvgIpc) is 3.15. The topological polar surface area (TPSA) is 130 Å². The number of aryl methyl sites for hydroxylation is 2. The second-order valence-electron chi connectivity index (χ2n) is 9.53. The summed E-state index contributed by atoms with van der Waals surface area (Å²) in [6.07, 6.45) is 1.50. The number of aromatic amines is 1. The van der Waals surface area contributed by atoms with Gasteiger partial charge in [-0.05, 0) is 64.2 Å². The van der Waals surface area contributed by atoms with Gasteiger partial charge in [0, 0.05) is 47.8 Å². The van der Waals surface area contributed by atoms with Crippen LogP contribution in [0.2, 0.25) is 0 Å². The van der Waals surface area contributed by atoms with Crippen molar-refractivity contribution in [3.63, 3.8) is 0 Å². The molecule has 4 N–H and O–H groups in total.